The molecule has 0 saturated carbocycles. The molecule has 1 heterocycles. The minimum absolute atomic E-state index is 0.172. The Morgan fingerprint density at radius 1 is 0.926 bits per heavy atom. The first kappa shape index (κ1) is 17.0. The number of carbonyl (C=O) groups excluding carboxylic acids is 2. The summed E-state index contributed by atoms with van der Waals surface area (Å²) in [6.45, 7) is 0. The summed E-state index contributed by atoms with van der Waals surface area (Å²) in [6.07, 6.45) is 0. The third-order valence-corrected chi connectivity index (χ3v) is 4.73. The van der Waals surface area contributed by atoms with E-state index in [4.69, 9.17) is 0 Å². The van der Waals surface area contributed by atoms with E-state index in [2.05, 4.69) is 4.74 Å². The zero-order chi connectivity index (χ0) is 19.0. The number of methoxy groups -OCH3 is 1. The summed E-state index contributed by atoms with van der Waals surface area (Å²) in [5.74, 6) is -1.20. The average molecular weight is 361 g/mol. The lowest BCUT2D eigenvalue weighted by Gasteiger charge is -2.21. The molecule has 27 heavy (non-hydrogen) atoms. The van der Waals surface area contributed by atoms with Gasteiger partial charge in [0.15, 0.2) is 0 Å². The normalized spacial score (nSPS) is 18.3. The molecule has 0 N–H and O–H groups in total. The lowest BCUT2D eigenvalue weighted by atomic mass is 9.89. The van der Waals surface area contributed by atoms with E-state index in [1.165, 1.54) is 36.3 Å². The Hall–Kier alpha value is -3.47. The van der Waals surface area contributed by atoms with E-state index >= 15 is 4.39 Å². The maximum Gasteiger partial charge on any atom is 0.337 e. The minimum Gasteiger partial charge on any atom is -0.465 e. The fraction of sp³-hybridized carbons (Fsp3) is 0.0909. The van der Waals surface area contributed by atoms with Crippen molar-refractivity contribution in [2.24, 2.45) is 0 Å². The SMILES string of the molecule is COC(=O)c1ccc([C@]2(F)C(=O)N(c3ccccc3)c3ccccc32)cc1. The number of fused-ring (bicyclic) bond motifs is 1. The number of carbonyl (C=O) groups is 2. The molecule has 3 aromatic rings. The number of hydrogen-bond acceptors (Lipinski definition) is 3. The minimum atomic E-state index is -2.33. The number of alkyl halides is 1. The highest BCUT2D eigenvalue weighted by Gasteiger charge is 2.53. The first-order valence-corrected chi connectivity index (χ1v) is 8.44. The molecule has 1 aliphatic heterocycles. The molecule has 0 fully saturated rings. The lowest BCUT2D eigenvalue weighted by Crippen LogP contribution is -2.35. The van der Waals surface area contributed by atoms with Crippen LogP contribution in [0.5, 0.6) is 0 Å². The van der Waals surface area contributed by atoms with Crippen LogP contribution in [0.3, 0.4) is 0 Å². The third kappa shape index (κ3) is 2.51. The standard InChI is InChI=1S/C22H16FNO3/c1-27-20(25)15-11-13-16(14-12-15)22(23)18-9-5-6-10-19(18)24(21(22)26)17-7-3-2-4-8-17/h2-14H,1H3/t22-/m1/s1. The van der Waals surface area contributed by atoms with Gasteiger partial charge in [0, 0.05) is 16.8 Å². The number of rotatable bonds is 3. The van der Waals surface area contributed by atoms with E-state index in [-0.39, 0.29) is 11.1 Å². The van der Waals surface area contributed by atoms with Crippen LogP contribution in [0.1, 0.15) is 21.5 Å². The van der Waals surface area contributed by atoms with Crippen molar-refractivity contribution in [2.75, 3.05) is 12.0 Å². The van der Waals surface area contributed by atoms with Gasteiger partial charge >= 0.3 is 5.97 Å². The van der Waals surface area contributed by atoms with Gasteiger partial charge in [-0.2, -0.15) is 0 Å². The Morgan fingerprint density at radius 3 is 2.22 bits per heavy atom. The molecule has 0 bridgehead atoms. The largest absolute Gasteiger partial charge is 0.465 e. The quantitative estimate of drug-likeness (QED) is 0.651. The summed E-state index contributed by atoms with van der Waals surface area (Å²) in [7, 11) is 1.28. The second-order valence-corrected chi connectivity index (χ2v) is 6.22. The van der Waals surface area contributed by atoms with Gasteiger partial charge < -0.3 is 4.74 Å². The first-order valence-electron chi connectivity index (χ1n) is 8.44. The Kier molecular flexibility index (Phi) is 4.00. The molecule has 0 saturated heterocycles. The molecule has 1 atom stereocenters. The Balaban J connectivity index is 1.85. The second kappa shape index (κ2) is 6.36. The van der Waals surface area contributed by atoms with Crippen LogP contribution in [0.15, 0.2) is 78.9 Å². The summed E-state index contributed by atoms with van der Waals surface area (Å²) < 4.78 is 20.9. The molecule has 0 aliphatic carbocycles. The van der Waals surface area contributed by atoms with Crippen molar-refractivity contribution in [3.8, 4) is 0 Å². The first-order chi connectivity index (χ1) is 13.1. The number of hydrogen-bond donors (Lipinski definition) is 0. The van der Waals surface area contributed by atoms with Gasteiger partial charge in [0.25, 0.3) is 5.91 Å². The van der Waals surface area contributed by atoms with Gasteiger partial charge in [-0.25, -0.2) is 9.18 Å². The summed E-state index contributed by atoms with van der Waals surface area (Å²) in [4.78, 5) is 26.2. The molecule has 1 amide bonds. The molecule has 5 heteroatoms. The van der Waals surface area contributed by atoms with Crippen molar-refractivity contribution in [2.45, 2.75) is 5.67 Å². The number of ether oxygens (including phenoxy) is 1. The molecule has 1 aliphatic rings. The lowest BCUT2D eigenvalue weighted by molar-refractivity contribution is -0.126. The fourth-order valence-electron chi connectivity index (χ4n) is 3.40. The number of halogens is 1. The van der Waals surface area contributed by atoms with Crippen molar-refractivity contribution < 1.29 is 18.7 Å². The summed E-state index contributed by atoms with van der Waals surface area (Å²) in [5.41, 5.74) is -0.478. The number of benzene rings is 3. The van der Waals surface area contributed by atoms with Crippen molar-refractivity contribution >= 4 is 23.3 Å². The molecule has 4 nitrogen and oxygen atoms in total. The van der Waals surface area contributed by atoms with Crippen LogP contribution in [0, 0.1) is 0 Å². The van der Waals surface area contributed by atoms with E-state index in [9.17, 15) is 9.59 Å². The Bertz CT molecular complexity index is 1020. The average Bonchev–Trinajstić information content (AvgIpc) is 2.96. The molecule has 0 spiro atoms. The summed E-state index contributed by atoms with van der Waals surface area (Å²) in [6, 6.07) is 21.6. The molecule has 134 valence electrons. The van der Waals surface area contributed by atoms with Crippen molar-refractivity contribution in [1.29, 1.82) is 0 Å². The van der Waals surface area contributed by atoms with Gasteiger partial charge in [0.1, 0.15) is 0 Å². The van der Waals surface area contributed by atoms with E-state index in [0.717, 1.165) is 0 Å². The topological polar surface area (TPSA) is 46.6 Å². The monoisotopic (exact) mass is 361 g/mol. The van der Waals surface area contributed by atoms with Crippen LogP contribution in [0.2, 0.25) is 0 Å². The fourth-order valence-corrected chi connectivity index (χ4v) is 3.40. The van der Waals surface area contributed by atoms with Crippen LogP contribution in [-0.4, -0.2) is 19.0 Å². The second-order valence-electron chi connectivity index (χ2n) is 6.22. The molecule has 0 unspecified atom stereocenters. The van der Waals surface area contributed by atoms with Gasteiger partial charge in [-0.1, -0.05) is 48.5 Å². The smallest absolute Gasteiger partial charge is 0.337 e. The predicted octanol–water partition coefficient (Wildman–Crippen LogP) is 4.36. The van der Waals surface area contributed by atoms with Crippen LogP contribution in [0.4, 0.5) is 15.8 Å². The summed E-state index contributed by atoms with van der Waals surface area (Å²) >= 11 is 0. The van der Waals surface area contributed by atoms with Crippen molar-refractivity contribution in [1.82, 2.24) is 0 Å². The Morgan fingerprint density at radius 2 is 1.56 bits per heavy atom. The number of para-hydroxylation sites is 2. The van der Waals surface area contributed by atoms with Gasteiger partial charge in [-0.05, 0) is 30.3 Å². The Labute approximate surface area is 155 Å². The van der Waals surface area contributed by atoms with Crippen LogP contribution in [-0.2, 0) is 15.2 Å². The molecular formula is C22H16FNO3. The van der Waals surface area contributed by atoms with Gasteiger partial charge in [0.05, 0.1) is 18.4 Å². The van der Waals surface area contributed by atoms with Crippen LogP contribution in [0.25, 0.3) is 0 Å². The molecule has 0 aromatic heterocycles. The zero-order valence-electron chi connectivity index (χ0n) is 14.6. The molecule has 4 rings (SSSR count). The molecule has 0 radical (unpaired) electrons. The predicted molar refractivity (Wildman–Crippen MR) is 99.7 cm³/mol. The van der Waals surface area contributed by atoms with E-state index in [1.807, 2.05) is 6.07 Å². The van der Waals surface area contributed by atoms with Crippen LogP contribution >= 0.6 is 0 Å². The maximum atomic E-state index is 16.3. The summed E-state index contributed by atoms with van der Waals surface area (Å²) in [5, 5.41) is 0. The number of amides is 1. The zero-order valence-corrected chi connectivity index (χ0v) is 14.6. The molecule has 3 aromatic carbocycles. The highest BCUT2D eigenvalue weighted by molar-refractivity contribution is 6.13. The van der Waals surface area contributed by atoms with Gasteiger partial charge in [0.2, 0.25) is 5.67 Å². The number of nitrogens with zero attached hydrogens (tertiary/aromatic N) is 1. The van der Waals surface area contributed by atoms with Crippen LogP contribution < -0.4 is 4.90 Å². The number of esters is 1. The van der Waals surface area contributed by atoms with Gasteiger partial charge in [-0.15, -0.1) is 0 Å². The molecular weight excluding hydrogens is 345 g/mol. The maximum absolute atomic E-state index is 16.3. The highest BCUT2D eigenvalue weighted by atomic mass is 19.1. The highest BCUT2D eigenvalue weighted by Crippen LogP contribution is 2.49. The van der Waals surface area contributed by atoms with Crippen molar-refractivity contribution in [3.05, 3.63) is 95.6 Å². The van der Waals surface area contributed by atoms with E-state index in [1.54, 1.807) is 48.5 Å². The van der Waals surface area contributed by atoms with Crippen molar-refractivity contribution in [3.63, 3.8) is 0 Å². The van der Waals surface area contributed by atoms with E-state index in [0.29, 0.717) is 16.9 Å². The van der Waals surface area contributed by atoms with Gasteiger partial charge in [-0.3, -0.25) is 9.69 Å². The number of anilines is 2. The third-order valence-electron chi connectivity index (χ3n) is 4.73. The van der Waals surface area contributed by atoms with E-state index < -0.39 is 17.5 Å².